The van der Waals surface area contributed by atoms with Crippen LogP contribution in [0.25, 0.3) is 0 Å². The normalized spacial score (nSPS) is 11.1. The van der Waals surface area contributed by atoms with Gasteiger partial charge in [0, 0.05) is 20.1 Å². The van der Waals surface area contributed by atoms with Crippen LogP contribution in [0, 0.1) is 5.41 Å². The van der Waals surface area contributed by atoms with Gasteiger partial charge in [0.2, 0.25) is 0 Å². The Balaban J connectivity index is 3.87. The van der Waals surface area contributed by atoms with E-state index in [1.807, 2.05) is 7.05 Å². The van der Waals surface area contributed by atoms with Crippen molar-refractivity contribution in [2.75, 3.05) is 20.1 Å². The van der Waals surface area contributed by atoms with E-state index in [2.05, 4.69) is 37.9 Å². The summed E-state index contributed by atoms with van der Waals surface area (Å²) in [6.07, 6.45) is 0. The van der Waals surface area contributed by atoms with E-state index in [9.17, 15) is 0 Å². The van der Waals surface area contributed by atoms with Crippen LogP contribution in [0.2, 0.25) is 0 Å². The van der Waals surface area contributed by atoms with Crippen LogP contribution < -0.4 is 5.32 Å². The lowest BCUT2D eigenvalue weighted by atomic mass is 9.96. The number of hydrogen-bond acceptors (Lipinski definition) is 1. The van der Waals surface area contributed by atoms with Crippen LogP contribution in [0.5, 0.6) is 0 Å². The Bertz CT molecular complexity index is 149. The molecular weight excluding hydrogens is 168 g/mol. The molecule has 0 saturated carbocycles. The van der Waals surface area contributed by atoms with Gasteiger partial charge in [0.05, 0.1) is 0 Å². The van der Waals surface area contributed by atoms with Crippen LogP contribution in [0.3, 0.4) is 0 Å². The van der Waals surface area contributed by atoms with E-state index < -0.39 is 0 Å². The summed E-state index contributed by atoms with van der Waals surface area (Å²) in [5, 5.41) is 3.97. The molecule has 0 heterocycles. The first kappa shape index (κ1) is 11.7. The predicted molar refractivity (Wildman–Crippen MR) is 58.4 cm³/mol. The second kappa shape index (κ2) is 4.65. The molecule has 0 aromatic heterocycles. The molecule has 12 heavy (non-hydrogen) atoms. The molecule has 0 bridgehead atoms. The zero-order chi connectivity index (χ0) is 9.78. The van der Waals surface area contributed by atoms with E-state index in [-0.39, 0.29) is 0 Å². The molecule has 2 nitrogen and oxygen atoms in total. The SMILES string of the molecule is CCNC(=S)N(C)CC(C)(C)C. The van der Waals surface area contributed by atoms with E-state index in [0.29, 0.717) is 5.41 Å². The monoisotopic (exact) mass is 188 g/mol. The van der Waals surface area contributed by atoms with Gasteiger partial charge in [-0.15, -0.1) is 0 Å². The van der Waals surface area contributed by atoms with Crippen molar-refractivity contribution in [3.05, 3.63) is 0 Å². The highest BCUT2D eigenvalue weighted by molar-refractivity contribution is 7.80. The third-order valence-corrected chi connectivity index (χ3v) is 1.84. The average molecular weight is 188 g/mol. The number of nitrogens with one attached hydrogen (secondary N) is 1. The van der Waals surface area contributed by atoms with Gasteiger partial charge in [-0.1, -0.05) is 20.8 Å². The molecule has 0 fully saturated rings. The highest BCUT2D eigenvalue weighted by Gasteiger charge is 2.14. The maximum absolute atomic E-state index is 5.16. The molecule has 0 aliphatic heterocycles. The van der Waals surface area contributed by atoms with Crippen molar-refractivity contribution in [3.8, 4) is 0 Å². The Morgan fingerprint density at radius 1 is 1.42 bits per heavy atom. The minimum absolute atomic E-state index is 0.300. The molecule has 0 aliphatic carbocycles. The van der Waals surface area contributed by atoms with Crippen LogP contribution in [0.15, 0.2) is 0 Å². The van der Waals surface area contributed by atoms with E-state index in [4.69, 9.17) is 12.2 Å². The quantitative estimate of drug-likeness (QED) is 0.666. The topological polar surface area (TPSA) is 15.3 Å². The van der Waals surface area contributed by atoms with Gasteiger partial charge >= 0.3 is 0 Å². The van der Waals surface area contributed by atoms with Crippen molar-refractivity contribution in [1.82, 2.24) is 10.2 Å². The summed E-state index contributed by atoms with van der Waals surface area (Å²) < 4.78 is 0. The molecule has 0 aliphatic rings. The minimum Gasteiger partial charge on any atom is -0.363 e. The first-order valence-electron chi connectivity index (χ1n) is 4.36. The maximum atomic E-state index is 5.16. The van der Waals surface area contributed by atoms with E-state index in [1.54, 1.807) is 0 Å². The van der Waals surface area contributed by atoms with Gasteiger partial charge in [-0.2, -0.15) is 0 Å². The highest BCUT2D eigenvalue weighted by atomic mass is 32.1. The lowest BCUT2D eigenvalue weighted by Crippen LogP contribution is -2.41. The van der Waals surface area contributed by atoms with Crippen LogP contribution in [-0.4, -0.2) is 30.1 Å². The molecule has 3 heteroatoms. The summed E-state index contributed by atoms with van der Waals surface area (Å²) in [7, 11) is 2.02. The van der Waals surface area contributed by atoms with Crippen LogP contribution in [0.4, 0.5) is 0 Å². The predicted octanol–water partition coefficient (Wildman–Crippen LogP) is 1.86. The zero-order valence-electron chi connectivity index (χ0n) is 8.77. The average Bonchev–Trinajstić information content (AvgIpc) is 1.84. The summed E-state index contributed by atoms with van der Waals surface area (Å²) in [4.78, 5) is 2.08. The molecule has 0 unspecified atom stereocenters. The fourth-order valence-corrected chi connectivity index (χ4v) is 1.28. The second-order valence-electron chi connectivity index (χ2n) is 4.25. The molecule has 72 valence electrons. The van der Waals surface area contributed by atoms with Gasteiger partial charge in [-0.05, 0) is 24.6 Å². The smallest absolute Gasteiger partial charge is 0.168 e. The van der Waals surface area contributed by atoms with Crippen LogP contribution >= 0.6 is 12.2 Å². The first-order valence-corrected chi connectivity index (χ1v) is 4.76. The Hall–Kier alpha value is -0.310. The molecule has 1 N–H and O–H groups in total. The molecule has 0 rings (SSSR count). The fourth-order valence-electron chi connectivity index (χ4n) is 1.07. The molecule has 0 radical (unpaired) electrons. The summed E-state index contributed by atoms with van der Waals surface area (Å²) in [5.41, 5.74) is 0.300. The second-order valence-corrected chi connectivity index (χ2v) is 4.64. The molecule has 0 saturated heterocycles. The molecule has 0 atom stereocenters. The standard InChI is InChI=1S/C9H20N2S/c1-6-10-8(12)11(5)7-9(2,3)4/h6-7H2,1-5H3,(H,10,12). The number of nitrogens with zero attached hydrogens (tertiary/aromatic N) is 1. The lowest BCUT2D eigenvalue weighted by molar-refractivity contribution is 0.304. The number of hydrogen-bond donors (Lipinski definition) is 1. The van der Waals surface area contributed by atoms with Crippen molar-refractivity contribution in [1.29, 1.82) is 0 Å². The third-order valence-electron chi connectivity index (χ3n) is 1.39. The van der Waals surface area contributed by atoms with Crippen LogP contribution in [-0.2, 0) is 0 Å². The summed E-state index contributed by atoms with van der Waals surface area (Å²) in [6.45, 7) is 10.6. The van der Waals surface area contributed by atoms with Gasteiger partial charge in [0.1, 0.15) is 0 Å². The molecule has 0 aromatic rings. The number of rotatable bonds is 2. The van der Waals surface area contributed by atoms with Gasteiger partial charge in [0.25, 0.3) is 0 Å². The van der Waals surface area contributed by atoms with Crippen molar-refractivity contribution >= 4 is 17.3 Å². The van der Waals surface area contributed by atoms with Gasteiger partial charge in [-0.25, -0.2) is 0 Å². The van der Waals surface area contributed by atoms with Gasteiger partial charge in [-0.3, -0.25) is 0 Å². The van der Waals surface area contributed by atoms with Gasteiger partial charge in [0.15, 0.2) is 5.11 Å². The summed E-state index contributed by atoms with van der Waals surface area (Å²) >= 11 is 5.16. The fraction of sp³-hybridized carbons (Fsp3) is 0.889. The Kier molecular flexibility index (Phi) is 4.53. The minimum atomic E-state index is 0.300. The summed E-state index contributed by atoms with van der Waals surface area (Å²) in [6, 6.07) is 0. The van der Waals surface area contributed by atoms with Gasteiger partial charge < -0.3 is 10.2 Å². The van der Waals surface area contributed by atoms with E-state index >= 15 is 0 Å². The van der Waals surface area contributed by atoms with E-state index in [1.165, 1.54) is 0 Å². The third kappa shape index (κ3) is 5.35. The zero-order valence-corrected chi connectivity index (χ0v) is 9.59. The Morgan fingerprint density at radius 2 is 1.92 bits per heavy atom. The first-order chi connectivity index (χ1) is 5.37. The highest BCUT2D eigenvalue weighted by Crippen LogP contribution is 2.13. The molecular formula is C9H20N2S. The van der Waals surface area contributed by atoms with Crippen molar-refractivity contribution in [2.24, 2.45) is 5.41 Å². The number of thiocarbonyl (C=S) groups is 1. The lowest BCUT2D eigenvalue weighted by Gasteiger charge is -2.28. The molecule has 0 aromatic carbocycles. The Morgan fingerprint density at radius 3 is 2.25 bits per heavy atom. The van der Waals surface area contributed by atoms with Crippen LogP contribution in [0.1, 0.15) is 27.7 Å². The molecule has 0 spiro atoms. The maximum Gasteiger partial charge on any atom is 0.168 e. The van der Waals surface area contributed by atoms with E-state index in [0.717, 1.165) is 18.2 Å². The largest absolute Gasteiger partial charge is 0.363 e. The van der Waals surface area contributed by atoms with Crippen molar-refractivity contribution < 1.29 is 0 Å². The van der Waals surface area contributed by atoms with Crippen molar-refractivity contribution in [2.45, 2.75) is 27.7 Å². The van der Waals surface area contributed by atoms with Crippen molar-refractivity contribution in [3.63, 3.8) is 0 Å². The summed E-state index contributed by atoms with van der Waals surface area (Å²) in [5.74, 6) is 0. The Labute approximate surface area is 81.3 Å². The molecule has 0 amide bonds.